The van der Waals surface area contributed by atoms with Crippen LogP contribution < -0.4 is 22.1 Å². The molecule has 0 aromatic heterocycles. The van der Waals surface area contributed by atoms with Crippen LogP contribution in [0.2, 0.25) is 0 Å². The first kappa shape index (κ1) is 27.5. The fourth-order valence-corrected chi connectivity index (χ4v) is 4.11. The number of amides is 3. The second-order valence-electron chi connectivity index (χ2n) is 7.51. The second kappa shape index (κ2) is 14.5. The fourth-order valence-electron chi connectivity index (χ4n) is 3.37. The molecule has 0 aliphatic carbocycles. The smallest absolute Gasteiger partial charge is 0.327 e. The van der Waals surface area contributed by atoms with Gasteiger partial charge in [-0.1, -0.05) is 0 Å². The lowest BCUT2D eigenvalue weighted by molar-refractivity contribution is -0.142. The predicted octanol–water partition coefficient (Wildman–Crippen LogP) is -0.829. The van der Waals surface area contributed by atoms with Crippen LogP contribution in [-0.4, -0.2) is 88.7 Å². The van der Waals surface area contributed by atoms with E-state index in [4.69, 9.17) is 16.6 Å². The third-order valence-electron chi connectivity index (χ3n) is 5.17. The predicted molar refractivity (Wildman–Crippen MR) is 124 cm³/mol. The van der Waals surface area contributed by atoms with E-state index < -0.39 is 42.0 Å². The lowest BCUT2D eigenvalue weighted by Crippen LogP contribution is -2.56. The van der Waals surface area contributed by atoms with Crippen LogP contribution in [0.1, 0.15) is 38.5 Å². The van der Waals surface area contributed by atoms with Crippen molar-refractivity contribution in [1.82, 2.24) is 15.5 Å². The first-order valence-electron chi connectivity index (χ1n) is 10.5. The summed E-state index contributed by atoms with van der Waals surface area (Å²) in [5, 5.41) is 14.3. The minimum atomic E-state index is -1.21. The zero-order valence-corrected chi connectivity index (χ0v) is 19.6. The van der Waals surface area contributed by atoms with Crippen molar-refractivity contribution in [3.63, 3.8) is 0 Å². The minimum absolute atomic E-state index is 0.0800. The number of hydrogen-bond acceptors (Lipinski definition) is 8. The number of hydrogen-bond donors (Lipinski definition) is 6. The highest BCUT2D eigenvalue weighted by Gasteiger charge is 2.37. The number of rotatable bonds is 14. The summed E-state index contributed by atoms with van der Waals surface area (Å²) < 4.78 is 0. The van der Waals surface area contributed by atoms with Crippen molar-refractivity contribution < 1.29 is 24.3 Å². The summed E-state index contributed by atoms with van der Waals surface area (Å²) in [6.07, 6.45) is 5.16. The highest BCUT2D eigenvalue weighted by molar-refractivity contribution is 7.98. The molecular weight excluding hydrogens is 442 g/mol. The quantitative estimate of drug-likeness (QED) is 0.139. The molecule has 1 aliphatic rings. The number of carboxylic acid groups (broad SMARTS) is 1. The molecule has 31 heavy (non-hydrogen) atoms. The SMILES string of the molecule is CSCCC(N)C(=O)N1CCCC1C(=O)NC(CCCCN)C(=O)NC(CS)C(=O)O. The number of nitrogens with one attached hydrogen (secondary N) is 2. The second-order valence-corrected chi connectivity index (χ2v) is 8.86. The Labute approximate surface area is 193 Å². The number of likely N-dealkylation sites (tertiary alicyclic amines) is 1. The highest BCUT2D eigenvalue weighted by atomic mass is 32.2. The van der Waals surface area contributed by atoms with Crippen LogP contribution in [0, 0.1) is 0 Å². The van der Waals surface area contributed by atoms with Gasteiger partial charge in [-0.3, -0.25) is 14.4 Å². The Bertz CT molecular complexity index is 624. The first-order chi connectivity index (χ1) is 14.8. The van der Waals surface area contributed by atoms with Gasteiger partial charge in [-0.2, -0.15) is 24.4 Å². The average Bonchev–Trinajstić information content (AvgIpc) is 3.24. The monoisotopic (exact) mass is 477 g/mol. The lowest BCUT2D eigenvalue weighted by Gasteiger charge is -2.28. The zero-order valence-electron chi connectivity index (χ0n) is 17.9. The van der Waals surface area contributed by atoms with E-state index in [0.29, 0.717) is 51.6 Å². The van der Waals surface area contributed by atoms with Gasteiger partial charge in [0.15, 0.2) is 0 Å². The number of nitrogens with two attached hydrogens (primary N) is 2. The summed E-state index contributed by atoms with van der Waals surface area (Å²) in [7, 11) is 0. The van der Waals surface area contributed by atoms with E-state index in [9.17, 15) is 19.2 Å². The van der Waals surface area contributed by atoms with E-state index in [1.165, 1.54) is 4.90 Å². The molecular formula is C19H35N5O5S2. The number of carbonyl (C=O) groups excluding carboxylic acids is 3. The standard InChI is InChI=1S/C19H35N5O5S2/c1-31-10-7-12(21)18(27)24-9-4-6-15(24)17(26)22-13(5-2-3-8-20)16(25)23-14(11-30)19(28)29/h12-15,30H,2-11,20-21H2,1H3,(H,22,26)(H,23,25)(H,28,29). The maximum absolute atomic E-state index is 12.9. The number of aliphatic carboxylic acids is 1. The van der Waals surface area contributed by atoms with Crippen LogP contribution in [0.25, 0.3) is 0 Å². The van der Waals surface area contributed by atoms with Gasteiger partial charge in [0.1, 0.15) is 18.1 Å². The molecule has 1 aliphatic heterocycles. The molecule has 0 radical (unpaired) electrons. The van der Waals surface area contributed by atoms with Crippen LogP contribution in [0.15, 0.2) is 0 Å². The molecule has 4 unspecified atom stereocenters. The van der Waals surface area contributed by atoms with E-state index in [-0.39, 0.29) is 11.7 Å². The Kier molecular flexibility index (Phi) is 12.9. The lowest BCUT2D eigenvalue weighted by atomic mass is 10.1. The Morgan fingerprint density at radius 2 is 1.90 bits per heavy atom. The number of thiol groups is 1. The Balaban J connectivity index is 2.84. The van der Waals surface area contributed by atoms with Gasteiger partial charge in [0.2, 0.25) is 17.7 Å². The fraction of sp³-hybridized carbons (Fsp3) is 0.789. The van der Waals surface area contributed by atoms with Crippen molar-refractivity contribution in [2.24, 2.45) is 11.5 Å². The van der Waals surface area contributed by atoms with Gasteiger partial charge in [-0.25, -0.2) is 4.79 Å². The number of carbonyl (C=O) groups is 4. The van der Waals surface area contributed by atoms with Crippen molar-refractivity contribution in [1.29, 1.82) is 0 Å². The van der Waals surface area contributed by atoms with Crippen molar-refractivity contribution in [2.75, 3.05) is 30.9 Å². The summed E-state index contributed by atoms with van der Waals surface area (Å²) in [5.74, 6) is -1.84. The molecule has 0 saturated carbocycles. The number of carboxylic acids is 1. The van der Waals surface area contributed by atoms with Crippen molar-refractivity contribution >= 4 is 48.1 Å². The molecule has 3 amide bonds. The maximum Gasteiger partial charge on any atom is 0.327 e. The van der Waals surface area contributed by atoms with Crippen LogP contribution in [-0.2, 0) is 19.2 Å². The van der Waals surface area contributed by atoms with Gasteiger partial charge in [-0.05, 0) is 57.1 Å². The largest absolute Gasteiger partial charge is 0.480 e. The number of thioether (sulfide) groups is 1. The molecule has 7 N–H and O–H groups in total. The molecule has 0 aromatic rings. The minimum Gasteiger partial charge on any atom is -0.480 e. The van der Waals surface area contributed by atoms with Gasteiger partial charge in [0, 0.05) is 12.3 Å². The van der Waals surface area contributed by atoms with Gasteiger partial charge < -0.3 is 32.1 Å². The molecule has 1 saturated heterocycles. The number of nitrogens with zero attached hydrogens (tertiary/aromatic N) is 1. The Morgan fingerprint density at radius 1 is 1.19 bits per heavy atom. The third-order valence-corrected chi connectivity index (χ3v) is 6.17. The van der Waals surface area contributed by atoms with E-state index >= 15 is 0 Å². The molecule has 10 nitrogen and oxygen atoms in total. The summed E-state index contributed by atoms with van der Waals surface area (Å²) >= 11 is 5.54. The molecule has 12 heteroatoms. The Hall–Kier alpha value is -1.50. The van der Waals surface area contributed by atoms with Gasteiger partial charge in [0.05, 0.1) is 6.04 Å². The van der Waals surface area contributed by atoms with E-state index in [2.05, 4.69) is 23.3 Å². The molecule has 0 bridgehead atoms. The van der Waals surface area contributed by atoms with E-state index in [0.717, 1.165) is 5.75 Å². The summed E-state index contributed by atoms with van der Waals surface area (Å²) in [5.41, 5.74) is 11.5. The molecule has 1 rings (SSSR count). The van der Waals surface area contributed by atoms with Crippen LogP contribution in [0.5, 0.6) is 0 Å². The van der Waals surface area contributed by atoms with Crippen molar-refractivity contribution in [3.05, 3.63) is 0 Å². The molecule has 0 spiro atoms. The van der Waals surface area contributed by atoms with Crippen molar-refractivity contribution in [2.45, 2.75) is 62.7 Å². The average molecular weight is 478 g/mol. The van der Waals surface area contributed by atoms with Crippen molar-refractivity contribution in [3.8, 4) is 0 Å². The number of unbranched alkanes of at least 4 members (excludes halogenated alkanes) is 1. The van der Waals surface area contributed by atoms with Crippen LogP contribution in [0.3, 0.4) is 0 Å². The molecule has 1 heterocycles. The Morgan fingerprint density at radius 3 is 2.48 bits per heavy atom. The summed E-state index contributed by atoms with van der Waals surface area (Å²) in [6, 6.07) is -3.46. The normalized spacial score (nSPS) is 18.8. The molecule has 178 valence electrons. The topological polar surface area (TPSA) is 168 Å². The van der Waals surface area contributed by atoms with Gasteiger partial charge in [0.25, 0.3) is 0 Å². The highest BCUT2D eigenvalue weighted by Crippen LogP contribution is 2.19. The first-order valence-corrected chi connectivity index (χ1v) is 12.5. The zero-order chi connectivity index (χ0) is 23.4. The molecule has 4 atom stereocenters. The van der Waals surface area contributed by atoms with Crippen LogP contribution >= 0.6 is 24.4 Å². The van der Waals surface area contributed by atoms with Crippen LogP contribution in [0.4, 0.5) is 0 Å². The van der Waals surface area contributed by atoms with Gasteiger partial charge in [-0.15, -0.1) is 0 Å². The molecule has 0 aromatic carbocycles. The summed E-state index contributed by atoms with van der Waals surface area (Å²) in [4.78, 5) is 51.0. The van der Waals surface area contributed by atoms with Gasteiger partial charge >= 0.3 is 5.97 Å². The maximum atomic E-state index is 12.9. The van der Waals surface area contributed by atoms with E-state index in [1.807, 2.05) is 6.26 Å². The third kappa shape index (κ3) is 8.87. The van der Waals surface area contributed by atoms with E-state index in [1.54, 1.807) is 11.8 Å². The molecule has 1 fully saturated rings. The summed E-state index contributed by atoms with van der Waals surface area (Å²) in [6.45, 7) is 0.879.